The van der Waals surface area contributed by atoms with Crippen molar-refractivity contribution < 1.29 is 74.2 Å². The Morgan fingerprint density at radius 3 is 1.40 bits per heavy atom. The molecule has 2 heterocycles. The molecule has 376 valence electrons. The first kappa shape index (κ1) is 65.8. The molecule has 28 heteroatoms. The van der Waals surface area contributed by atoms with Crippen LogP contribution in [-0.4, -0.2) is 169 Å². The van der Waals surface area contributed by atoms with E-state index in [9.17, 15) is 46.5 Å². The van der Waals surface area contributed by atoms with Crippen LogP contribution in [0.2, 0.25) is 0 Å². The molecule has 1 aromatic heterocycles. The SMILES string of the molecule is CCN(CC)CC.CCN(CC)CC.CCN(CC)CC.CCN(CC)CC.O=C(N[C@@H]1[C@H](O)[C@@H](COP(=O)(O)OP(=O)(O)OP(=O)(O)O)O[C@H]1n1ccc(=O)[nH]c1=S)C(F)(F)F. The molecule has 1 saturated heterocycles. The maximum atomic E-state index is 12.7. The Labute approximate surface area is 375 Å². The Balaban J connectivity index is -0.00000103. The number of hydrogen-bond acceptors (Lipinski definition) is 15. The largest absolute Gasteiger partial charge is 0.490 e. The molecule has 21 nitrogen and oxygen atoms in total. The lowest BCUT2D eigenvalue weighted by Gasteiger charge is -2.24. The van der Waals surface area contributed by atoms with Crippen LogP contribution in [0.25, 0.3) is 0 Å². The molecule has 0 saturated carbocycles. The van der Waals surface area contributed by atoms with Crippen LogP contribution in [0.3, 0.4) is 0 Å². The Bertz CT molecular complexity index is 1560. The van der Waals surface area contributed by atoms with Crippen LogP contribution in [0.5, 0.6) is 0 Å². The van der Waals surface area contributed by atoms with Crippen molar-refractivity contribution in [1.29, 1.82) is 0 Å². The normalized spacial score (nSPS) is 19.4. The van der Waals surface area contributed by atoms with Crippen molar-refractivity contribution in [3.05, 3.63) is 27.4 Å². The van der Waals surface area contributed by atoms with Crippen LogP contribution in [0.15, 0.2) is 17.1 Å². The van der Waals surface area contributed by atoms with Gasteiger partial charge in [0.2, 0.25) is 0 Å². The standard InChI is InChI=1S/C11H15F3N3O14P3S.4C6H15N/c12-11(13,14)9(20)16-6-7(19)4(29-8(6)17-2-1-5(18)15-10(17)35)3-28-33(24,25)31-34(26,27)30-32(21,22)23;4*1-4-7(5-2)6-3/h1-2,4,6-8,19H,3H2,(H,16,20)(H,24,25)(H,26,27)(H,15,18,35)(H2,21,22,23);4*4-6H2,1-3H3/t4-,6-,7-,8-;;;;/m1..../s1. The molecule has 0 bridgehead atoms. The zero-order valence-corrected chi connectivity index (χ0v) is 42.2. The van der Waals surface area contributed by atoms with Gasteiger partial charge in [-0.15, -0.1) is 0 Å². The molecule has 0 spiro atoms. The number of rotatable bonds is 21. The lowest BCUT2D eigenvalue weighted by molar-refractivity contribution is -0.175. The molecule has 1 fully saturated rings. The molecule has 2 unspecified atom stereocenters. The van der Waals surface area contributed by atoms with E-state index >= 15 is 0 Å². The summed E-state index contributed by atoms with van der Waals surface area (Å²) in [5, 5.41) is 11.8. The quantitative estimate of drug-likeness (QED) is 0.0634. The van der Waals surface area contributed by atoms with Gasteiger partial charge in [0.15, 0.2) is 11.0 Å². The van der Waals surface area contributed by atoms with Gasteiger partial charge < -0.3 is 54.3 Å². The fraction of sp³-hybridized carbons (Fsp3) is 0.857. The highest BCUT2D eigenvalue weighted by Crippen LogP contribution is 2.66. The second-order valence-corrected chi connectivity index (χ2v) is 17.7. The van der Waals surface area contributed by atoms with Gasteiger partial charge in [0.25, 0.3) is 5.56 Å². The lowest BCUT2D eigenvalue weighted by atomic mass is 10.1. The summed E-state index contributed by atoms with van der Waals surface area (Å²) in [5.41, 5.74) is -0.718. The number of aliphatic hydroxyl groups is 1. The van der Waals surface area contributed by atoms with Gasteiger partial charge in [0.1, 0.15) is 18.2 Å². The first-order valence-electron chi connectivity index (χ1n) is 20.8. The van der Waals surface area contributed by atoms with Gasteiger partial charge in [0.05, 0.1) is 6.61 Å². The molecular weight excluding hydrogens is 924 g/mol. The van der Waals surface area contributed by atoms with Gasteiger partial charge >= 0.3 is 35.6 Å². The van der Waals surface area contributed by atoms with E-state index < -0.39 is 77.0 Å². The zero-order chi connectivity index (χ0) is 49.8. The highest BCUT2D eigenvalue weighted by Gasteiger charge is 2.50. The Morgan fingerprint density at radius 2 is 1.11 bits per heavy atom. The van der Waals surface area contributed by atoms with Crippen LogP contribution in [0, 0.1) is 4.77 Å². The molecule has 6 atom stereocenters. The minimum absolute atomic E-state index is 0.422. The summed E-state index contributed by atoms with van der Waals surface area (Å²) in [6, 6.07) is -1.07. The predicted octanol–water partition coefficient (Wildman–Crippen LogP) is 4.95. The number of phosphoric acid groups is 3. The Kier molecular flexibility index (Phi) is 35.4. The van der Waals surface area contributed by atoms with Crippen molar-refractivity contribution in [3.63, 3.8) is 0 Å². The van der Waals surface area contributed by atoms with E-state index in [4.69, 9.17) is 31.6 Å². The first-order valence-corrected chi connectivity index (χ1v) is 25.7. The second kappa shape index (κ2) is 33.9. The minimum Gasteiger partial charge on any atom is -0.388 e. The maximum absolute atomic E-state index is 12.7. The average Bonchev–Trinajstić information content (AvgIpc) is 3.49. The number of carbonyl (C=O) groups is 1. The van der Waals surface area contributed by atoms with Crippen molar-refractivity contribution in [1.82, 2.24) is 34.5 Å². The van der Waals surface area contributed by atoms with Crippen molar-refractivity contribution in [2.45, 2.75) is 114 Å². The molecule has 1 aliphatic heterocycles. The van der Waals surface area contributed by atoms with E-state index in [0.717, 1.165) is 16.8 Å². The zero-order valence-electron chi connectivity index (χ0n) is 38.7. The third kappa shape index (κ3) is 29.7. The number of aromatic amines is 1. The molecular formula is C35H75F3N7O14P3S. The molecule has 1 aliphatic rings. The number of ether oxygens (including phenoxy) is 1. The van der Waals surface area contributed by atoms with E-state index in [1.54, 1.807) is 0 Å². The molecule has 7 N–H and O–H groups in total. The highest BCUT2D eigenvalue weighted by atomic mass is 32.1. The molecule has 0 radical (unpaired) electrons. The molecule has 63 heavy (non-hydrogen) atoms. The van der Waals surface area contributed by atoms with Crippen molar-refractivity contribution in [2.75, 3.05) is 85.1 Å². The summed E-state index contributed by atoms with van der Waals surface area (Å²) in [6.07, 6.45) is -10.1. The number of carbonyl (C=O) groups excluding carboxylic acids is 1. The van der Waals surface area contributed by atoms with Gasteiger partial charge in [-0.1, -0.05) is 83.1 Å². The van der Waals surface area contributed by atoms with E-state index in [1.165, 1.54) is 83.9 Å². The smallest absolute Gasteiger partial charge is 0.388 e. The van der Waals surface area contributed by atoms with Gasteiger partial charge in [-0.25, -0.2) is 13.7 Å². The van der Waals surface area contributed by atoms with E-state index in [-0.39, 0.29) is 0 Å². The van der Waals surface area contributed by atoms with Crippen LogP contribution in [0.4, 0.5) is 13.2 Å². The number of nitrogens with one attached hydrogen (secondary N) is 2. The summed E-state index contributed by atoms with van der Waals surface area (Å²) >= 11 is 4.86. The average molecular weight is 1000 g/mol. The summed E-state index contributed by atoms with van der Waals surface area (Å²) in [6.45, 7) is 39.2. The van der Waals surface area contributed by atoms with Crippen molar-refractivity contribution in [2.24, 2.45) is 0 Å². The molecule has 0 aliphatic carbocycles. The number of halogens is 3. The van der Waals surface area contributed by atoms with Gasteiger partial charge in [-0.2, -0.15) is 21.8 Å². The lowest BCUT2D eigenvalue weighted by Crippen LogP contribution is -2.51. The van der Waals surface area contributed by atoms with Crippen LogP contribution in [-0.2, 0) is 36.4 Å². The number of amides is 1. The number of phosphoric ester groups is 1. The summed E-state index contributed by atoms with van der Waals surface area (Å²) in [7, 11) is -17.2. The van der Waals surface area contributed by atoms with Crippen LogP contribution >= 0.6 is 35.7 Å². The monoisotopic (exact) mass is 999 g/mol. The number of alkyl halides is 3. The summed E-state index contributed by atoms with van der Waals surface area (Å²) < 4.78 is 88.9. The van der Waals surface area contributed by atoms with Crippen molar-refractivity contribution in [3.8, 4) is 0 Å². The third-order valence-corrected chi connectivity index (χ3v) is 13.4. The van der Waals surface area contributed by atoms with Gasteiger partial charge in [-0.3, -0.25) is 23.7 Å². The third-order valence-electron chi connectivity index (χ3n) is 9.24. The van der Waals surface area contributed by atoms with Gasteiger partial charge in [-0.05, 0) is 90.8 Å². The molecule has 1 aromatic rings. The minimum atomic E-state index is -5.87. The van der Waals surface area contributed by atoms with E-state index in [2.05, 4.69) is 121 Å². The predicted molar refractivity (Wildman–Crippen MR) is 237 cm³/mol. The fourth-order valence-electron chi connectivity index (χ4n) is 5.29. The highest BCUT2D eigenvalue weighted by molar-refractivity contribution is 7.71. The summed E-state index contributed by atoms with van der Waals surface area (Å²) in [5.74, 6) is -2.51. The van der Waals surface area contributed by atoms with Crippen LogP contribution in [0.1, 0.15) is 89.3 Å². The van der Waals surface area contributed by atoms with E-state index in [1.807, 2.05) is 0 Å². The number of hydrogen-bond donors (Lipinski definition) is 7. The number of aromatic nitrogens is 2. The first-order chi connectivity index (χ1) is 29.1. The van der Waals surface area contributed by atoms with Gasteiger partial charge in [0, 0.05) is 12.3 Å². The number of nitrogens with zero attached hydrogens (tertiary/aromatic N) is 5. The van der Waals surface area contributed by atoms with Crippen molar-refractivity contribution >= 4 is 41.6 Å². The fourth-order valence-corrected chi connectivity index (χ4v) is 8.59. The topological polar surface area (TPSA) is 269 Å². The number of H-pyrrole nitrogens is 1. The Morgan fingerprint density at radius 1 is 0.746 bits per heavy atom. The molecule has 1 amide bonds. The summed E-state index contributed by atoms with van der Waals surface area (Å²) in [4.78, 5) is 70.0. The molecule has 2 rings (SSSR count). The van der Waals surface area contributed by atoms with Crippen LogP contribution < -0.4 is 10.9 Å². The molecule has 0 aromatic carbocycles. The number of aliphatic hydroxyl groups excluding tert-OH is 1. The second-order valence-electron chi connectivity index (χ2n) is 12.9. The Hall–Kier alpha value is -1.47. The maximum Gasteiger partial charge on any atom is 0.490 e. The van der Waals surface area contributed by atoms with E-state index in [0.29, 0.717) is 0 Å².